The Morgan fingerprint density at radius 1 is 0.926 bits per heavy atom. The van der Waals surface area contributed by atoms with E-state index in [9.17, 15) is 4.79 Å². The molecule has 136 valence electrons. The fourth-order valence-corrected chi connectivity index (χ4v) is 3.48. The van der Waals surface area contributed by atoms with Crippen LogP contribution in [-0.2, 0) is 0 Å². The zero-order valence-corrected chi connectivity index (χ0v) is 15.3. The summed E-state index contributed by atoms with van der Waals surface area (Å²) in [5, 5.41) is 1.01. The molecule has 2 aromatic carbocycles. The Hall–Kier alpha value is -2.98. The monoisotopic (exact) mass is 357 g/mol. The zero-order chi connectivity index (χ0) is 18.5. The van der Waals surface area contributed by atoms with Crippen molar-refractivity contribution in [3.05, 3.63) is 84.1 Å². The molecular weight excluding hydrogens is 334 g/mol. The van der Waals surface area contributed by atoms with Gasteiger partial charge in [0.05, 0.1) is 11.1 Å². The van der Waals surface area contributed by atoms with Gasteiger partial charge in [0.1, 0.15) is 0 Å². The molecule has 0 spiro atoms. The Bertz CT molecular complexity index is 939. The van der Waals surface area contributed by atoms with Crippen LogP contribution in [0.25, 0.3) is 17.0 Å². The van der Waals surface area contributed by atoms with Crippen LogP contribution in [0.3, 0.4) is 0 Å². The molecule has 0 saturated carbocycles. The standard InChI is InChI=1S/C23H23N3O/c27-23(21-12-4-10-20-11-5-13-24-22(20)21)26-17-15-25(16-18-26)14-6-9-19-7-2-1-3-8-19/h1-13H,14-18H2. The second-order valence-corrected chi connectivity index (χ2v) is 6.79. The van der Waals surface area contributed by atoms with E-state index < -0.39 is 0 Å². The van der Waals surface area contributed by atoms with Gasteiger partial charge >= 0.3 is 0 Å². The minimum Gasteiger partial charge on any atom is -0.336 e. The van der Waals surface area contributed by atoms with Crippen LogP contribution in [0.15, 0.2) is 72.9 Å². The number of carbonyl (C=O) groups excluding carboxylic acids is 1. The lowest BCUT2D eigenvalue weighted by Gasteiger charge is -2.34. The zero-order valence-electron chi connectivity index (χ0n) is 15.3. The predicted molar refractivity (Wildman–Crippen MR) is 110 cm³/mol. The third kappa shape index (κ3) is 4.07. The van der Waals surface area contributed by atoms with Crippen LogP contribution in [0.1, 0.15) is 15.9 Å². The molecule has 1 aromatic heterocycles. The lowest BCUT2D eigenvalue weighted by molar-refractivity contribution is 0.0652. The summed E-state index contributed by atoms with van der Waals surface area (Å²) < 4.78 is 0. The molecule has 0 radical (unpaired) electrons. The number of pyridine rings is 1. The molecule has 0 atom stereocenters. The van der Waals surface area contributed by atoms with Crippen LogP contribution in [-0.4, -0.2) is 53.4 Å². The van der Waals surface area contributed by atoms with Crippen molar-refractivity contribution in [2.45, 2.75) is 0 Å². The number of nitrogens with zero attached hydrogens (tertiary/aromatic N) is 3. The number of aromatic nitrogens is 1. The van der Waals surface area contributed by atoms with Crippen molar-refractivity contribution in [1.29, 1.82) is 0 Å². The average molecular weight is 357 g/mol. The molecule has 0 N–H and O–H groups in total. The van der Waals surface area contributed by atoms with Crippen molar-refractivity contribution < 1.29 is 4.79 Å². The van der Waals surface area contributed by atoms with E-state index in [1.807, 2.05) is 53.4 Å². The SMILES string of the molecule is O=C(c1cccc2cccnc12)N1CCN(CC=Cc2ccccc2)CC1. The Kier molecular flexibility index (Phi) is 5.26. The number of para-hydroxylation sites is 1. The highest BCUT2D eigenvalue weighted by Gasteiger charge is 2.23. The van der Waals surface area contributed by atoms with Crippen molar-refractivity contribution in [2.24, 2.45) is 0 Å². The summed E-state index contributed by atoms with van der Waals surface area (Å²) in [6.45, 7) is 4.20. The second kappa shape index (κ2) is 8.14. The van der Waals surface area contributed by atoms with E-state index in [-0.39, 0.29) is 5.91 Å². The molecule has 0 aliphatic carbocycles. The summed E-state index contributed by atoms with van der Waals surface area (Å²) in [5.41, 5.74) is 2.71. The Labute approximate surface area is 159 Å². The van der Waals surface area contributed by atoms with E-state index in [1.54, 1.807) is 6.20 Å². The van der Waals surface area contributed by atoms with Crippen LogP contribution in [0.4, 0.5) is 0 Å². The summed E-state index contributed by atoms with van der Waals surface area (Å²) in [6, 6.07) is 20.0. The summed E-state index contributed by atoms with van der Waals surface area (Å²) in [7, 11) is 0. The van der Waals surface area contributed by atoms with Gasteiger partial charge in [-0.1, -0.05) is 60.7 Å². The lowest BCUT2D eigenvalue weighted by Crippen LogP contribution is -2.48. The van der Waals surface area contributed by atoms with Gasteiger partial charge in [0.25, 0.3) is 5.91 Å². The van der Waals surface area contributed by atoms with E-state index in [1.165, 1.54) is 5.56 Å². The van der Waals surface area contributed by atoms with E-state index >= 15 is 0 Å². The summed E-state index contributed by atoms with van der Waals surface area (Å²) in [5.74, 6) is 0.0822. The van der Waals surface area contributed by atoms with Gasteiger partial charge < -0.3 is 4.90 Å². The molecule has 0 bridgehead atoms. The second-order valence-electron chi connectivity index (χ2n) is 6.79. The number of carbonyl (C=O) groups is 1. The van der Waals surface area contributed by atoms with Gasteiger partial charge in [-0.05, 0) is 17.7 Å². The Morgan fingerprint density at radius 2 is 1.70 bits per heavy atom. The van der Waals surface area contributed by atoms with Gasteiger partial charge in [-0.2, -0.15) is 0 Å². The first-order valence-corrected chi connectivity index (χ1v) is 9.38. The summed E-state index contributed by atoms with van der Waals surface area (Å²) >= 11 is 0. The van der Waals surface area contributed by atoms with Crippen LogP contribution in [0.2, 0.25) is 0 Å². The molecule has 3 aromatic rings. The highest BCUT2D eigenvalue weighted by molar-refractivity contribution is 6.05. The number of hydrogen-bond acceptors (Lipinski definition) is 3. The van der Waals surface area contributed by atoms with Gasteiger partial charge in [-0.25, -0.2) is 0 Å². The fourth-order valence-electron chi connectivity index (χ4n) is 3.48. The number of fused-ring (bicyclic) bond motifs is 1. The first-order valence-electron chi connectivity index (χ1n) is 9.38. The Morgan fingerprint density at radius 3 is 2.52 bits per heavy atom. The number of piperazine rings is 1. The summed E-state index contributed by atoms with van der Waals surface area (Å²) in [4.78, 5) is 21.7. The molecule has 1 aliphatic rings. The number of rotatable bonds is 4. The van der Waals surface area contributed by atoms with E-state index in [0.29, 0.717) is 5.56 Å². The number of benzene rings is 2. The molecule has 4 heteroatoms. The van der Waals surface area contributed by atoms with Crippen LogP contribution in [0, 0.1) is 0 Å². The smallest absolute Gasteiger partial charge is 0.256 e. The maximum atomic E-state index is 13.0. The molecule has 1 fully saturated rings. The first kappa shape index (κ1) is 17.4. The van der Waals surface area contributed by atoms with Crippen molar-refractivity contribution in [3.8, 4) is 0 Å². The molecule has 0 unspecified atom stereocenters. The number of hydrogen-bond donors (Lipinski definition) is 0. The van der Waals surface area contributed by atoms with Crippen LogP contribution in [0.5, 0.6) is 0 Å². The average Bonchev–Trinajstić information content (AvgIpc) is 2.74. The molecule has 1 aliphatic heterocycles. The van der Waals surface area contributed by atoms with Gasteiger partial charge in [0.15, 0.2) is 0 Å². The number of amides is 1. The third-order valence-electron chi connectivity index (χ3n) is 5.00. The predicted octanol–water partition coefficient (Wildman–Crippen LogP) is 3.71. The van der Waals surface area contributed by atoms with E-state index in [2.05, 4.69) is 34.2 Å². The minimum atomic E-state index is 0.0822. The van der Waals surface area contributed by atoms with Gasteiger partial charge in [-0.3, -0.25) is 14.7 Å². The maximum Gasteiger partial charge on any atom is 0.256 e. The minimum absolute atomic E-state index is 0.0822. The van der Waals surface area contributed by atoms with Gasteiger partial charge in [-0.15, -0.1) is 0 Å². The molecule has 1 saturated heterocycles. The molecule has 2 heterocycles. The van der Waals surface area contributed by atoms with Crippen LogP contribution < -0.4 is 0 Å². The lowest BCUT2D eigenvalue weighted by atomic mass is 10.1. The van der Waals surface area contributed by atoms with Crippen molar-refractivity contribution in [3.63, 3.8) is 0 Å². The molecule has 1 amide bonds. The van der Waals surface area contributed by atoms with E-state index in [0.717, 1.165) is 43.6 Å². The maximum absolute atomic E-state index is 13.0. The molecule has 27 heavy (non-hydrogen) atoms. The third-order valence-corrected chi connectivity index (χ3v) is 5.00. The van der Waals surface area contributed by atoms with Crippen LogP contribution >= 0.6 is 0 Å². The molecular formula is C23H23N3O. The largest absolute Gasteiger partial charge is 0.336 e. The van der Waals surface area contributed by atoms with Gasteiger partial charge in [0.2, 0.25) is 0 Å². The first-order chi connectivity index (χ1) is 13.3. The molecule has 4 rings (SSSR count). The summed E-state index contributed by atoms with van der Waals surface area (Å²) in [6.07, 6.45) is 6.09. The Balaban J connectivity index is 1.36. The van der Waals surface area contributed by atoms with Gasteiger partial charge in [0, 0.05) is 44.3 Å². The normalized spacial score (nSPS) is 15.5. The highest BCUT2D eigenvalue weighted by atomic mass is 16.2. The van der Waals surface area contributed by atoms with Crippen molar-refractivity contribution >= 4 is 22.9 Å². The highest BCUT2D eigenvalue weighted by Crippen LogP contribution is 2.18. The molecule has 4 nitrogen and oxygen atoms in total. The van der Waals surface area contributed by atoms with E-state index in [4.69, 9.17) is 0 Å². The fraction of sp³-hybridized carbons (Fsp3) is 0.217. The topological polar surface area (TPSA) is 36.4 Å². The quantitative estimate of drug-likeness (QED) is 0.714. The van der Waals surface area contributed by atoms with Crippen molar-refractivity contribution in [2.75, 3.05) is 32.7 Å². The van der Waals surface area contributed by atoms with Crippen molar-refractivity contribution in [1.82, 2.24) is 14.8 Å².